The summed E-state index contributed by atoms with van der Waals surface area (Å²) in [5.74, 6) is 1.16. The van der Waals surface area contributed by atoms with E-state index >= 15 is 0 Å². The summed E-state index contributed by atoms with van der Waals surface area (Å²) in [6.07, 6.45) is 7.31. The van der Waals surface area contributed by atoms with E-state index in [1.54, 1.807) is 12.4 Å². The van der Waals surface area contributed by atoms with Gasteiger partial charge in [0.1, 0.15) is 5.82 Å². The number of nitrogens with zero attached hydrogens (tertiary/aromatic N) is 5. The van der Waals surface area contributed by atoms with Crippen LogP contribution >= 0.6 is 0 Å². The Bertz CT molecular complexity index is 1030. The second-order valence-corrected chi connectivity index (χ2v) is 6.08. The minimum atomic E-state index is 0.488. The number of nitrogen functional groups attached to an aromatic ring is 1. The Balaban J connectivity index is 1.54. The fourth-order valence-corrected chi connectivity index (χ4v) is 2.96. The number of pyridine rings is 1. The normalized spacial score (nSPS) is 13.0. The molecule has 26 heavy (non-hydrogen) atoms. The smallest absolute Gasteiger partial charge is 0.226 e. The first-order valence-corrected chi connectivity index (χ1v) is 8.21. The van der Waals surface area contributed by atoms with Crippen LogP contribution in [-0.2, 0) is 13.1 Å². The lowest BCUT2D eigenvalue weighted by Crippen LogP contribution is -2.17. The van der Waals surface area contributed by atoms with E-state index in [9.17, 15) is 0 Å². The molecule has 0 saturated heterocycles. The zero-order chi connectivity index (χ0) is 17.9. The molecule has 1 aliphatic rings. The molecule has 0 radical (unpaired) electrons. The van der Waals surface area contributed by atoms with Crippen LogP contribution in [0.4, 0.5) is 11.8 Å². The summed E-state index contributed by atoms with van der Waals surface area (Å²) in [6, 6.07) is 13.5. The number of fused-ring (bicyclic) bond motifs is 1. The minimum absolute atomic E-state index is 0.488. The third-order valence-electron chi connectivity index (χ3n) is 4.26. The molecule has 2 aromatic heterocycles. The van der Waals surface area contributed by atoms with Gasteiger partial charge in [0.25, 0.3) is 0 Å². The van der Waals surface area contributed by atoms with Crippen molar-refractivity contribution in [1.82, 2.24) is 15.0 Å². The number of nitrogens with two attached hydrogens (primary N) is 1. The highest BCUT2D eigenvalue weighted by atomic mass is 15.3. The molecule has 0 atom stereocenters. The number of hydrogen-bond donors (Lipinski definition) is 1. The van der Waals surface area contributed by atoms with E-state index in [2.05, 4.69) is 25.9 Å². The number of anilines is 2. The molecule has 0 aliphatic carbocycles. The minimum Gasteiger partial charge on any atom is -0.384 e. The molecule has 2 N–H and O–H groups in total. The molecule has 0 fully saturated rings. The van der Waals surface area contributed by atoms with E-state index in [-0.39, 0.29) is 0 Å². The predicted octanol–water partition coefficient (Wildman–Crippen LogP) is 3.02. The largest absolute Gasteiger partial charge is 0.384 e. The second kappa shape index (κ2) is 6.65. The molecule has 4 rings (SSSR count). The third kappa shape index (κ3) is 3.23. The van der Waals surface area contributed by atoms with Crippen LogP contribution in [0.5, 0.6) is 0 Å². The number of hydrogen-bond acceptors (Lipinski definition) is 6. The summed E-state index contributed by atoms with van der Waals surface area (Å²) in [5.41, 5.74) is 10.5. The first-order valence-electron chi connectivity index (χ1n) is 8.21. The molecule has 1 aromatic carbocycles. The van der Waals surface area contributed by atoms with Gasteiger partial charge in [-0.05, 0) is 53.1 Å². The summed E-state index contributed by atoms with van der Waals surface area (Å²) in [4.78, 5) is 15.1. The average Bonchev–Trinajstić information content (AvgIpc) is 3.10. The van der Waals surface area contributed by atoms with Gasteiger partial charge in [-0.25, -0.2) is 15.0 Å². The van der Waals surface area contributed by atoms with Gasteiger partial charge in [-0.15, -0.1) is 0 Å². The van der Waals surface area contributed by atoms with E-state index in [0.29, 0.717) is 23.9 Å². The molecule has 0 spiro atoms. The fraction of sp³-hybridized carbons (Fsp3) is 0.100. The average molecular weight is 340 g/mol. The SMILES string of the molecule is N#Cc1ccc2c(c1)CN(c1nccc(/C=C/c3ccnc(N)c3)n1)C2. The van der Waals surface area contributed by atoms with Crippen molar-refractivity contribution in [2.24, 2.45) is 0 Å². The monoisotopic (exact) mass is 340 g/mol. The maximum atomic E-state index is 9.05. The number of rotatable bonds is 3. The summed E-state index contributed by atoms with van der Waals surface area (Å²) >= 11 is 0. The predicted molar refractivity (Wildman–Crippen MR) is 101 cm³/mol. The van der Waals surface area contributed by atoms with Crippen molar-refractivity contribution in [3.05, 3.63) is 76.7 Å². The summed E-state index contributed by atoms with van der Waals surface area (Å²) in [5, 5.41) is 9.05. The Morgan fingerprint density at radius 3 is 2.69 bits per heavy atom. The molecule has 3 heterocycles. The highest BCUT2D eigenvalue weighted by Crippen LogP contribution is 2.26. The van der Waals surface area contributed by atoms with Gasteiger partial charge in [-0.2, -0.15) is 5.26 Å². The van der Waals surface area contributed by atoms with E-state index in [0.717, 1.165) is 23.4 Å². The highest BCUT2D eigenvalue weighted by Gasteiger charge is 2.21. The van der Waals surface area contributed by atoms with Crippen LogP contribution in [0, 0.1) is 11.3 Å². The Kier molecular flexibility index (Phi) is 4.04. The maximum absolute atomic E-state index is 9.05. The van der Waals surface area contributed by atoms with Gasteiger partial charge >= 0.3 is 0 Å². The van der Waals surface area contributed by atoms with Crippen LogP contribution in [0.3, 0.4) is 0 Å². The third-order valence-corrected chi connectivity index (χ3v) is 4.26. The van der Waals surface area contributed by atoms with Crippen molar-refractivity contribution in [1.29, 1.82) is 5.26 Å². The van der Waals surface area contributed by atoms with Crippen molar-refractivity contribution < 1.29 is 0 Å². The van der Waals surface area contributed by atoms with Gasteiger partial charge in [-0.1, -0.05) is 12.1 Å². The zero-order valence-electron chi connectivity index (χ0n) is 14.0. The summed E-state index contributed by atoms with van der Waals surface area (Å²) in [7, 11) is 0. The molecule has 126 valence electrons. The Labute approximate surface area is 151 Å². The van der Waals surface area contributed by atoms with Crippen molar-refractivity contribution in [3.63, 3.8) is 0 Å². The Morgan fingerprint density at radius 1 is 1.00 bits per heavy atom. The highest BCUT2D eigenvalue weighted by molar-refractivity contribution is 5.69. The van der Waals surface area contributed by atoms with Gasteiger partial charge in [0.15, 0.2) is 0 Å². The van der Waals surface area contributed by atoms with Gasteiger partial charge in [0, 0.05) is 25.5 Å². The van der Waals surface area contributed by atoms with Crippen LogP contribution in [0.1, 0.15) is 27.9 Å². The first-order chi connectivity index (χ1) is 12.7. The van der Waals surface area contributed by atoms with Crippen LogP contribution < -0.4 is 10.6 Å². The molecule has 0 unspecified atom stereocenters. The molecular formula is C20H16N6. The molecule has 0 bridgehead atoms. The van der Waals surface area contributed by atoms with Crippen LogP contribution in [-0.4, -0.2) is 15.0 Å². The zero-order valence-corrected chi connectivity index (χ0v) is 14.0. The second-order valence-electron chi connectivity index (χ2n) is 6.08. The van der Waals surface area contributed by atoms with Crippen LogP contribution in [0.2, 0.25) is 0 Å². The lowest BCUT2D eigenvalue weighted by molar-refractivity contribution is 0.826. The molecule has 1 aliphatic heterocycles. The topological polar surface area (TPSA) is 91.7 Å². The van der Waals surface area contributed by atoms with Crippen molar-refractivity contribution in [2.45, 2.75) is 13.1 Å². The van der Waals surface area contributed by atoms with Gasteiger partial charge in [0.2, 0.25) is 5.95 Å². The molecule has 3 aromatic rings. The van der Waals surface area contributed by atoms with Crippen molar-refractivity contribution >= 4 is 23.9 Å². The van der Waals surface area contributed by atoms with Crippen LogP contribution in [0.25, 0.3) is 12.2 Å². The van der Waals surface area contributed by atoms with Crippen molar-refractivity contribution in [3.8, 4) is 6.07 Å². The van der Waals surface area contributed by atoms with Crippen LogP contribution in [0.15, 0.2) is 48.8 Å². The first kappa shape index (κ1) is 15.8. The quantitative estimate of drug-likeness (QED) is 0.788. The van der Waals surface area contributed by atoms with E-state index < -0.39 is 0 Å². The van der Waals surface area contributed by atoms with E-state index in [1.807, 2.05) is 48.6 Å². The molecule has 0 saturated carbocycles. The number of nitriles is 1. The van der Waals surface area contributed by atoms with E-state index in [4.69, 9.17) is 11.0 Å². The van der Waals surface area contributed by atoms with Gasteiger partial charge in [0.05, 0.1) is 17.3 Å². The standard InChI is InChI=1S/C20H16N6/c21-11-15-1-3-16-12-26(13-17(16)9-15)20-24-8-6-18(25-20)4-2-14-5-7-23-19(22)10-14/h1-10H,12-13H2,(H2,22,23)/b4-2+. The number of aromatic nitrogens is 3. The summed E-state index contributed by atoms with van der Waals surface area (Å²) < 4.78 is 0. The summed E-state index contributed by atoms with van der Waals surface area (Å²) in [6.45, 7) is 1.45. The number of benzene rings is 1. The molecular weight excluding hydrogens is 324 g/mol. The van der Waals surface area contributed by atoms with Crippen molar-refractivity contribution in [2.75, 3.05) is 10.6 Å². The lowest BCUT2D eigenvalue weighted by Gasteiger charge is -2.15. The van der Waals surface area contributed by atoms with E-state index in [1.165, 1.54) is 5.56 Å². The fourth-order valence-electron chi connectivity index (χ4n) is 2.96. The lowest BCUT2D eigenvalue weighted by atomic mass is 10.1. The molecule has 6 heteroatoms. The van der Waals surface area contributed by atoms with Gasteiger partial charge < -0.3 is 10.6 Å². The molecule has 0 amide bonds. The maximum Gasteiger partial charge on any atom is 0.226 e. The Hall–Kier alpha value is -3.72. The van der Waals surface area contributed by atoms with Gasteiger partial charge in [-0.3, -0.25) is 0 Å². The molecule has 6 nitrogen and oxygen atoms in total. The Morgan fingerprint density at radius 2 is 1.85 bits per heavy atom.